The maximum absolute atomic E-state index is 5.45. The molecule has 1 unspecified atom stereocenters. The normalized spacial score (nSPS) is 12.7. The molecule has 0 aliphatic carbocycles. The minimum Gasteiger partial charge on any atom is -0.480 e. The van der Waals surface area contributed by atoms with Gasteiger partial charge in [0.15, 0.2) is 6.23 Å². The van der Waals surface area contributed by atoms with E-state index in [-0.39, 0.29) is 0 Å². The van der Waals surface area contributed by atoms with Crippen molar-refractivity contribution in [2.75, 3.05) is 0 Å². The lowest BCUT2D eigenvalue weighted by molar-refractivity contribution is 0.196. The molecule has 13 heavy (non-hydrogen) atoms. The second kappa shape index (κ2) is 5.17. The van der Waals surface area contributed by atoms with Crippen LogP contribution in [0.25, 0.3) is 6.08 Å². The number of rotatable bonds is 4. The Morgan fingerprint density at radius 2 is 2.00 bits per heavy atom. The fraction of sp³-hybridized carbons (Fsp3) is 0.0909. The van der Waals surface area contributed by atoms with E-state index in [0.29, 0.717) is 0 Å². The molecule has 0 saturated carbocycles. The first-order valence-corrected chi connectivity index (χ1v) is 4.08. The van der Waals surface area contributed by atoms with Gasteiger partial charge >= 0.3 is 0 Å². The van der Waals surface area contributed by atoms with E-state index in [2.05, 4.69) is 6.58 Å². The summed E-state index contributed by atoms with van der Waals surface area (Å²) in [5.74, 6) is 0. The van der Waals surface area contributed by atoms with Gasteiger partial charge in [0.1, 0.15) is 0 Å². The third-order valence-electron chi connectivity index (χ3n) is 1.53. The van der Waals surface area contributed by atoms with Crippen molar-refractivity contribution in [1.29, 1.82) is 0 Å². The highest BCUT2D eigenvalue weighted by Crippen LogP contribution is 2.01. The molecule has 68 valence electrons. The Kier molecular flexibility index (Phi) is 3.79. The van der Waals surface area contributed by atoms with Crippen LogP contribution < -0.4 is 5.73 Å². The number of nitrogens with two attached hydrogens (primary N) is 1. The van der Waals surface area contributed by atoms with Gasteiger partial charge in [0.25, 0.3) is 0 Å². The average molecular weight is 175 g/mol. The molecule has 0 saturated heterocycles. The fourth-order valence-corrected chi connectivity index (χ4v) is 0.828. The molecule has 0 radical (unpaired) electrons. The van der Waals surface area contributed by atoms with Gasteiger partial charge in [-0.1, -0.05) is 36.9 Å². The van der Waals surface area contributed by atoms with E-state index in [1.54, 1.807) is 6.26 Å². The molecule has 0 aliphatic heterocycles. The van der Waals surface area contributed by atoms with Crippen molar-refractivity contribution in [1.82, 2.24) is 0 Å². The molecule has 2 heteroatoms. The number of benzene rings is 1. The van der Waals surface area contributed by atoms with Crippen LogP contribution >= 0.6 is 0 Å². The van der Waals surface area contributed by atoms with Crippen LogP contribution in [0.15, 0.2) is 49.2 Å². The predicted octanol–water partition coefficient (Wildman–Crippen LogP) is 2.14. The molecule has 1 rings (SSSR count). The summed E-state index contributed by atoms with van der Waals surface area (Å²) in [5.41, 5.74) is 6.53. The topological polar surface area (TPSA) is 35.2 Å². The summed E-state index contributed by atoms with van der Waals surface area (Å²) < 4.78 is 5.07. The Labute approximate surface area is 78.3 Å². The molecule has 0 fully saturated rings. The Balaban J connectivity index is 2.45. The summed E-state index contributed by atoms with van der Waals surface area (Å²) in [6.45, 7) is 3.50. The smallest absolute Gasteiger partial charge is 0.165 e. The van der Waals surface area contributed by atoms with Gasteiger partial charge < -0.3 is 4.74 Å². The van der Waals surface area contributed by atoms with Crippen LogP contribution in [-0.4, -0.2) is 6.23 Å². The average Bonchev–Trinajstić information content (AvgIpc) is 2.19. The summed E-state index contributed by atoms with van der Waals surface area (Å²) in [4.78, 5) is 0. The van der Waals surface area contributed by atoms with Crippen molar-refractivity contribution in [2.24, 2.45) is 5.73 Å². The SMILES string of the molecule is C=CC(N)O/C=C/c1ccccc1. The van der Waals surface area contributed by atoms with Gasteiger partial charge in [-0.25, -0.2) is 0 Å². The lowest BCUT2D eigenvalue weighted by Crippen LogP contribution is -2.17. The number of hydrogen-bond acceptors (Lipinski definition) is 2. The van der Waals surface area contributed by atoms with E-state index in [9.17, 15) is 0 Å². The van der Waals surface area contributed by atoms with Crippen LogP contribution in [-0.2, 0) is 4.74 Å². The van der Waals surface area contributed by atoms with E-state index in [1.165, 1.54) is 6.08 Å². The second-order valence-corrected chi connectivity index (χ2v) is 2.55. The van der Waals surface area contributed by atoms with Gasteiger partial charge in [0.2, 0.25) is 0 Å². The second-order valence-electron chi connectivity index (χ2n) is 2.55. The van der Waals surface area contributed by atoms with Gasteiger partial charge in [0.05, 0.1) is 6.26 Å². The summed E-state index contributed by atoms with van der Waals surface area (Å²) in [6.07, 6.45) is 4.53. The molecule has 0 bridgehead atoms. The zero-order valence-electron chi connectivity index (χ0n) is 7.39. The summed E-state index contributed by atoms with van der Waals surface area (Å²) >= 11 is 0. The molecule has 1 atom stereocenters. The van der Waals surface area contributed by atoms with Crippen LogP contribution in [0.3, 0.4) is 0 Å². The zero-order chi connectivity index (χ0) is 9.52. The van der Waals surface area contributed by atoms with Crippen LogP contribution in [0.5, 0.6) is 0 Å². The van der Waals surface area contributed by atoms with Crippen molar-refractivity contribution >= 4 is 6.08 Å². The number of hydrogen-bond donors (Lipinski definition) is 1. The van der Waals surface area contributed by atoms with E-state index >= 15 is 0 Å². The minimum atomic E-state index is -0.431. The lowest BCUT2D eigenvalue weighted by Gasteiger charge is -2.03. The van der Waals surface area contributed by atoms with E-state index in [1.807, 2.05) is 36.4 Å². The summed E-state index contributed by atoms with van der Waals surface area (Å²) in [6, 6.07) is 9.87. The monoisotopic (exact) mass is 175 g/mol. The van der Waals surface area contributed by atoms with Gasteiger partial charge in [0, 0.05) is 0 Å². The highest BCUT2D eigenvalue weighted by atomic mass is 16.5. The molecule has 1 aromatic carbocycles. The highest BCUT2D eigenvalue weighted by Gasteiger charge is 1.89. The van der Waals surface area contributed by atoms with Gasteiger partial charge in [-0.05, 0) is 17.7 Å². The molecule has 0 heterocycles. The summed E-state index contributed by atoms with van der Waals surface area (Å²) in [7, 11) is 0. The van der Waals surface area contributed by atoms with E-state index < -0.39 is 6.23 Å². The Morgan fingerprint density at radius 1 is 1.31 bits per heavy atom. The molecular weight excluding hydrogens is 162 g/mol. The largest absolute Gasteiger partial charge is 0.480 e. The zero-order valence-corrected chi connectivity index (χ0v) is 7.39. The van der Waals surface area contributed by atoms with Crippen molar-refractivity contribution in [3.8, 4) is 0 Å². The Bertz CT molecular complexity index is 279. The van der Waals surface area contributed by atoms with E-state index in [4.69, 9.17) is 10.5 Å². The molecule has 1 aromatic rings. The van der Waals surface area contributed by atoms with Crippen LogP contribution in [0.1, 0.15) is 5.56 Å². The fourth-order valence-electron chi connectivity index (χ4n) is 0.828. The molecule has 0 spiro atoms. The third-order valence-corrected chi connectivity index (χ3v) is 1.53. The van der Waals surface area contributed by atoms with Crippen molar-refractivity contribution in [2.45, 2.75) is 6.23 Å². The molecule has 2 N–H and O–H groups in total. The first-order chi connectivity index (χ1) is 6.33. The van der Waals surface area contributed by atoms with Crippen molar-refractivity contribution in [3.63, 3.8) is 0 Å². The molecule has 0 aliphatic rings. The number of ether oxygens (including phenoxy) is 1. The molecule has 0 aromatic heterocycles. The molecule has 0 amide bonds. The Morgan fingerprint density at radius 3 is 2.62 bits per heavy atom. The Hall–Kier alpha value is -1.54. The first kappa shape index (κ1) is 9.55. The minimum absolute atomic E-state index is 0.431. The van der Waals surface area contributed by atoms with Gasteiger partial charge in [-0.15, -0.1) is 0 Å². The van der Waals surface area contributed by atoms with Crippen molar-refractivity contribution in [3.05, 3.63) is 54.8 Å². The molecule has 2 nitrogen and oxygen atoms in total. The maximum Gasteiger partial charge on any atom is 0.165 e. The van der Waals surface area contributed by atoms with Crippen LogP contribution in [0, 0.1) is 0 Å². The van der Waals surface area contributed by atoms with Gasteiger partial charge in [-0.3, -0.25) is 5.73 Å². The quantitative estimate of drug-likeness (QED) is 0.432. The summed E-state index contributed by atoms with van der Waals surface area (Å²) in [5, 5.41) is 0. The third kappa shape index (κ3) is 3.58. The van der Waals surface area contributed by atoms with Crippen LogP contribution in [0.4, 0.5) is 0 Å². The first-order valence-electron chi connectivity index (χ1n) is 4.08. The predicted molar refractivity (Wildman–Crippen MR) is 54.7 cm³/mol. The van der Waals surface area contributed by atoms with Gasteiger partial charge in [-0.2, -0.15) is 0 Å². The highest BCUT2D eigenvalue weighted by molar-refractivity contribution is 5.47. The van der Waals surface area contributed by atoms with E-state index in [0.717, 1.165) is 5.56 Å². The molecular formula is C11H13NO. The lowest BCUT2D eigenvalue weighted by atomic mass is 10.2. The maximum atomic E-state index is 5.45. The van der Waals surface area contributed by atoms with Crippen LogP contribution in [0.2, 0.25) is 0 Å². The standard InChI is InChI=1S/C11H13NO/c1-2-11(12)13-9-8-10-6-4-3-5-7-10/h2-9,11H,1,12H2/b9-8+. The van der Waals surface area contributed by atoms with Crippen molar-refractivity contribution < 1.29 is 4.74 Å².